The molecule has 33 heavy (non-hydrogen) atoms. The molecule has 8 heteroatoms. The highest BCUT2D eigenvalue weighted by atomic mass is 35.5. The van der Waals surface area contributed by atoms with Crippen LogP contribution in [0.3, 0.4) is 0 Å². The predicted molar refractivity (Wildman–Crippen MR) is 131 cm³/mol. The highest BCUT2D eigenvalue weighted by molar-refractivity contribution is 7.89. The van der Waals surface area contributed by atoms with Gasteiger partial charge < -0.3 is 5.32 Å². The summed E-state index contributed by atoms with van der Waals surface area (Å²) in [6.07, 6.45) is 6.34. The third kappa shape index (κ3) is 6.15. The minimum absolute atomic E-state index is 0.116. The number of likely N-dealkylation sites (tertiary alicyclic amines) is 1. The van der Waals surface area contributed by atoms with Crippen LogP contribution in [0.4, 0.5) is 0 Å². The maximum Gasteiger partial charge on any atom is 0.253 e. The first kappa shape index (κ1) is 24.2. The molecule has 2 aromatic carbocycles. The van der Waals surface area contributed by atoms with Gasteiger partial charge in [0.25, 0.3) is 5.91 Å². The van der Waals surface area contributed by atoms with Gasteiger partial charge in [-0.05, 0) is 68.1 Å². The number of hydrogen-bond acceptors (Lipinski definition) is 4. The normalized spacial score (nSPS) is 18.2. The Morgan fingerprint density at radius 2 is 1.45 bits per heavy atom. The van der Waals surface area contributed by atoms with Gasteiger partial charge >= 0.3 is 0 Å². The van der Waals surface area contributed by atoms with Crippen molar-refractivity contribution in [3.05, 3.63) is 64.2 Å². The lowest BCUT2D eigenvalue weighted by molar-refractivity contribution is 0.0951. The third-order valence-corrected chi connectivity index (χ3v) is 8.69. The van der Waals surface area contributed by atoms with Gasteiger partial charge in [-0.15, -0.1) is 0 Å². The molecule has 0 radical (unpaired) electrons. The third-order valence-electron chi connectivity index (χ3n) is 6.47. The number of sulfonamides is 1. The molecule has 0 aliphatic carbocycles. The minimum atomic E-state index is -3.65. The Hall–Kier alpha value is -1.93. The van der Waals surface area contributed by atoms with Crippen molar-refractivity contribution in [3.63, 3.8) is 0 Å². The van der Waals surface area contributed by atoms with Crippen LogP contribution in [-0.2, 0) is 23.1 Å². The fourth-order valence-electron chi connectivity index (χ4n) is 4.51. The summed E-state index contributed by atoms with van der Waals surface area (Å²) in [4.78, 5) is 15.4. The number of carbonyl (C=O) groups excluding carboxylic acids is 1. The summed E-state index contributed by atoms with van der Waals surface area (Å²) in [5.41, 5.74) is 2.43. The lowest BCUT2D eigenvalue weighted by Crippen LogP contribution is -2.32. The number of halogens is 1. The van der Waals surface area contributed by atoms with E-state index in [1.165, 1.54) is 40.9 Å². The lowest BCUT2D eigenvalue weighted by atomic mass is 10.1. The lowest BCUT2D eigenvalue weighted by Gasteiger charge is -2.20. The first-order valence-corrected chi connectivity index (χ1v) is 13.6. The summed E-state index contributed by atoms with van der Waals surface area (Å²) < 4.78 is 27.7. The van der Waals surface area contributed by atoms with Crippen LogP contribution in [0.15, 0.2) is 47.4 Å². The molecular formula is C25H32ClN3O3S. The van der Waals surface area contributed by atoms with Gasteiger partial charge in [0.2, 0.25) is 10.0 Å². The summed E-state index contributed by atoms with van der Waals surface area (Å²) in [6, 6.07) is 12.6. The molecule has 4 rings (SSSR count). The summed E-state index contributed by atoms with van der Waals surface area (Å²) in [5, 5.41) is 3.11. The largest absolute Gasteiger partial charge is 0.348 e. The Bertz CT molecular complexity index is 1060. The summed E-state index contributed by atoms with van der Waals surface area (Å²) in [6.45, 7) is 4.65. The van der Waals surface area contributed by atoms with Gasteiger partial charge in [0.15, 0.2) is 0 Å². The van der Waals surface area contributed by atoms with Gasteiger partial charge in [-0.25, -0.2) is 8.42 Å². The van der Waals surface area contributed by atoms with E-state index in [4.69, 9.17) is 11.6 Å². The van der Waals surface area contributed by atoms with E-state index in [1.807, 2.05) is 12.1 Å². The molecule has 0 atom stereocenters. The standard InChI is InChI=1S/C25H32ClN3O3S/c26-24-12-11-22(33(31,32)29-15-3-1-2-4-16-29)17-23(24)25(30)27-18-20-7-9-21(10-8-20)19-28-13-5-6-14-28/h7-12,17H,1-6,13-16,18-19H2,(H,27,30). The number of amides is 1. The van der Waals surface area contributed by atoms with E-state index in [-0.39, 0.29) is 21.4 Å². The molecule has 1 amide bonds. The number of nitrogens with zero attached hydrogens (tertiary/aromatic N) is 2. The zero-order valence-electron chi connectivity index (χ0n) is 18.9. The maximum absolute atomic E-state index is 13.1. The van der Waals surface area contributed by atoms with Crippen LogP contribution in [0.25, 0.3) is 0 Å². The van der Waals surface area contributed by atoms with Crippen molar-refractivity contribution in [2.45, 2.75) is 56.5 Å². The Morgan fingerprint density at radius 1 is 0.848 bits per heavy atom. The second-order valence-electron chi connectivity index (χ2n) is 8.94. The van der Waals surface area contributed by atoms with Gasteiger partial charge in [0, 0.05) is 26.2 Å². The van der Waals surface area contributed by atoms with Gasteiger partial charge in [0.05, 0.1) is 15.5 Å². The van der Waals surface area contributed by atoms with E-state index >= 15 is 0 Å². The van der Waals surface area contributed by atoms with Gasteiger partial charge in [-0.3, -0.25) is 9.69 Å². The summed E-state index contributed by atoms with van der Waals surface area (Å²) >= 11 is 6.26. The van der Waals surface area contributed by atoms with Crippen molar-refractivity contribution in [2.75, 3.05) is 26.2 Å². The van der Waals surface area contributed by atoms with Crippen molar-refractivity contribution in [3.8, 4) is 0 Å². The Kier molecular flexibility index (Phi) is 8.07. The second-order valence-corrected chi connectivity index (χ2v) is 11.3. The molecule has 2 fully saturated rings. The minimum Gasteiger partial charge on any atom is -0.348 e. The number of nitrogens with one attached hydrogen (secondary N) is 1. The zero-order chi connectivity index (χ0) is 23.3. The SMILES string of the molecule is O=C(NCc1ccc(CN2CCCC2)cc1)c1cc(S(=O)(=O)N2CCCCCC2)ccc1Cl. The Labute approximate surface area is 202 Å². The Balaban J connectivity index is 1.40. The molecule has 2 aromatic rings. The van der Waals surface area contributed by atoms with Crippen LogP contribution in [0.1, 0.15) is 60.0 Å². The highest BCUT2D eigenvalue weighted by Crippen LogP contribution is 2.25. The van der Waals surface area contributed by atoms with E-state index < -0.39 is 10.0 Å². The summed E-state index contributed by atoms with van der Waals surface area (Å²) in [5.74, 6) is -0.381. The van der Waals surface area contributed by atoms with E-state index in [1.54, 1.807) is 0 Å². The van der Waals surface area contributed by atoms with Crippen LogP contribution in [0, 0.1) is 0 Å². The van der Waals surface area contributed by atoms with E-state index in [2.05, 4.69) is 22.3 Å². The molecule has 0 aromatic heterocycles. The van der Waals surface area contributed by atoms with Crippen molar-refractivity contribution in [2.24, 2.45) is 0 Å². The van der Waals surface area contributed by atoms with Gasteiger partial charge in [-0.1, -0.05) is 48.7 Å². The first-order chi connectivity index (χ1) is 15.9. The Morgan fingerprint density at radius 3 is 2.12 bits per heavy atom. The van der Waals surface area contributed by atoms with Crippen LogP contribution >= 0.6 is 11.6 Å². The topological polar surface area (TPSA) is 69.7 Å². The maximum atomic E-state index is 13.1. The predicted octanol–water partition coefficient (Wildman–Crippen LogP) is 4.43. The van der Waals surface area contributed by atoms with Crippen molar-refractivity contribution >= 4 is 27.5 Å². The average Bonchev–Trinajstić information content (AvgIpc) is 3.16. The molecule has 0 spiro atoms. The molecule has 6 nitrogen and oxygen atoms in total. The molecule has 178 valence electrons. The fourth-order valence-corrected chi connectivity index (χ4v) is 6.26. The van der Waals surface area contributed by atoms with Crippen molar-refractivity contribution in [1.82, 2.24) is 14.5 Å². The van der Waals surface area contributed by atoms with Gasteiger partial charge in [-0.2, -0.15) is 4.31 Å². The molecular weight excluding hydrogens is 458 g/mol. The number of benzene rings is 2. The number of rotatable bonds is 7. The second kappa shape index (κ2) is 11.0. The highest BCUT2D eigenvalue weighted by Gasteiger charge is 2.26. The van der Waals surface area contributed by atoms with Crippen molar-refractivity contribution < 1.29 is 13.2 Å². The molecule has 2 heterocycles. The van der Waals surface area contributed by atoms with Gasteiger partial charge in [0.1, 0.15) is 0 Å². The van der Waals surface area contributed by atoms with Crippen molar-refractivity contribution in [1.29, 1.82) is 0 Å². The molecule has 2 aliphatic heterocycles. The molecule has 1 N–H and O–H groups in total. The summed E-state index contributed by atoms with van der Waals surface area (Å²) in [7, 11) is -3.65. The number of hydrogen-bond donors (Lipinski definition) is 1. The number of carbonyl (C=O) groups is 1. The average molecular weight is 490 g/mol. The van der Waals surface area contributed by atoms with E-state index in [9.17, 15) is 13.2 Å². The monoisotopic (exact) mass is 489 g/mol. The van der Waals surface area contributed by atoms with Crippen LogP contribution in [-0.4, -0.2) is 49.7 Å². The van der Waals surface area contributed by atoms with Crippen LogP contribution < -0.4 is 5.32 Å². The quantitative estimate of drug-likeness (QED) is 0.624. The van der Waals surface area contributed by atoms with Crippen LogP contribution in [0.5, 0.6) is 0 Å². The molecule has 2 saturated heterocycles. The van der Waals surface area contributed by atoms with E-state index in [0.717, 1.165) is 50.9 Å². The molecule has 0 saturated carbocycles. The first-order valence-electron chi connectivity index (χ1n) is 11.8. The van der Waals surface area contributed by atoms with E-state index in [0.29, 0.717) is 19.6 Å². The fraction of sp³-hybridized carbons (Fsp3) is 0.480. The molecule has 2 aliphatic rings. The smallest absolute Gasteiger partial charge is 0.253 e. The molecule has 0 unspecified atom stereocenters. The van der Waals surface area contributed by atoms with Crippen LogP contribution in [0.2, 0.25) is 5.02 Å². The zero-order valence-corrected chi connectivity index (χ0v) is 20.5. The molecule has 0 bridgehead atoms.